The molecule has 0 amide bonds. The zero-order valence-electron chi connectivity index (χ0n) is 13.0. The van der Waals surface area contributed by atoms with Gasteiger partial charge >= 0.3 is 0 Å². The van der Waals surface area contributed by atoms with Crippen LogP contribution >= 0.6 is 0 Å². The molecular formula is C17H27NO3. The summed E-state index contributed by atoms with van der Waals surface area (Å²) in [5.41, 5.74) is 0.0642. The second-order valence-corrected chi connectivity index (χ2v) is 6.12. The van der Waals surface area contributed by atoms with E-state index >= 15 is 0 Å². The van der Waals surface area contributed by atoms with Crippen molar-refractivity contribution in [2.24, 2.45) is 5.41 Å². The van der Waals surface area contributed by atoms with E-state index in [1.54, 1.807) is 0 Å². The van der Waals surface area contributed by atoms with E-state index in [-0.39, 0.29) is 12.0 Å². The van der Waals surface area contributed by atoms with Crippen LogP contribution in [-0.4, -0.2) is 56.1 Å². The Morgan fingerprint density at radius 3 is 2.76 bits per heavy atom. The number of nitrogens with zero attached hydrogens (tertiary/aromatic N) is 1. The van der Waals surface area contributed by atoms with E-state index in [0.717, 1.165) is 44.8 Å². The quantitative estimate of drug-likeness (QED) is 0.746. The molecule has 1 N–H and O–H groups in total. The normalized spacial score (nSPS) is 23.1. The van der Waals surface area contributed by atoms with E-state index in [0.29, 0.717) is 13.2 Å². The second kappa shape index (κ2) is 8.37. The average Bonchev–Trinajstić information content (AvgIpc) is 2.52. The zero-order chi connectivity index (χ0) is 15.0. The summed E-state index contributed by atoms with van der Waals surface area (Å²) in [4.78, 5) is 2.39. The van der Waals surface area contributed by atoms with Gasteiger partial charge in [-0.3, -0.25) is 0 Å². The van der Waals surface area contributed by atoms with Crippen molar-refractivity contribution in [3.63, 3.8) is 0 Å². The van der Waals surface area contributed by atoms with Crippen LogP contribution in [0.2, 0.25) is 0 Å². The molecular weight excluding hydrogens is 266 g/mol. The highest BCUT2D eigenvalue weighted by Gasteiger charge is 2.29. The molecule has 4 heteroatoms. The third-order valence-corrected chi connectivity index (χ3v) is 4.03. The second-order valence-electron chi connectivity index (χ2n) is 6.12. The number of likely N-dealkylation sites (tertiary alicyclic amines) is 1. The molecule has 1 heterocycles. The lowest BCUT2D eigenvalue weighted by Crippen LogP contribution is -2.44. The Labute approximate surface area is 127 Å². The van der Waals surface area contributed by atoms with Gasteiger partial charge in [0.1, 0.15) is 12.4 Å². The van der Waals surface area contributed by atoms with E-state index in [1.165, 1.54) is 0 Å². The summed E-state index contributed by atoms with van der Waals surface area (Å²) in [5, 5.41) is 9.44. The molecule has 0 bridgehead atoms. The highest BCUT2D eigenvalue weighted by atomic mass is 16.5. The molecule has 1 aromatic rings. The van der Waals surface area contributed by atoms with E-state index < -0.39 is 0 Å². The number of aliphatic hydroxyl groups is 1. The van der Waals surface area contributed by atoms with Crippen LogP contribution in [-0.2, 0) is 4.74 Å². The number of para-hydroxylation sites is 1. The predicted molar refractivity (Wildman–Crippen MR) is 83.6 cm³/mol. The molecule has 1 aliphatic heterocycles. The Balaban J connectivity index is 1.54. The van der Waals surface area contributed by atoms with E-state index in [4.69, 9.17) is 9.47 Å². The number of hydrogen-bond acceptors (Lipinski definition) is 4. The molecule has 0 saturated carbocycles. The first kappa shape index (κ1) is 16.3. The van der Waals surface area contributed by atoms with Gasteiger partial charge in [-0.1, -0.05) is 25.1 Å². The molecule has 1 aliphatic rings. The van der Waals surface area contributed by atoms with Gasteiger partial charge in [-0.2, -0.15) is 0 Å². The lowest BCUT2D eigenvalue weighted by molar-refractivity contribution is 0.0232. The molecule has 21 heavy (non-hydrogen) atoms. The number of ether oxygens (including phenoxy) is 2. The lowest BCUT2D eigenvalue weighted by atomic mass is 9.83. The monoisotopic (exact) mass is 293 g/mol. The summed E-state index contributed by atoms with van der Waals surface area (Å²) in [6, 6.07) is 9.80. The third kappa shape index (κ3) is 5.65. The van der Waals surface area contributed by atoms with Crippen LogP contribution in [0.15, 0.2) is 30.3 Å². The van der Waals surface area contributed by atoms with E-state index in [2.05, 4.69) is 11.8 Å². The van der Waals surface area contributed by atoms with Gasteiger partial charge in [0.15, 0.2) is 0 Å². The van der Waals surface area contributed by atoms with Crippen molar-refractivity contribution in [2.45, 2.75) is 19.8 Å². The van der Waals surface area contributed by atoms with Crippen molar-refractivity contribution in [2.75, 3.05) is 46.1 Å². The van der Waals surface area contributed by atoms with Crippen molar-refractivity contribution >= 4 is 0 Å². The number of hydrogen-bond donors (Lipinski definition) is 1. The van der Waals surface area contributed by atoms with Crippen LogP contribution in [0, 0.1) is 5.41 Å². The molecule has 0 aromatic heterocycles. The fourth-order valence-corrected chi connectivity index (χ4v) is 2.78. The molecule has 4 nitrogen and oxygen atoms in total. The summed E-state index contributed by atoms with van der Waals surface area (Å²) >= 11 is 0. The standard InChI is InChI=1S/C17H27NO3/c1-17(15-19)8-5-9-18(14-17)10-11-20-12-13-21-16-6-3-2-4-7-16/h2-4,6-7,19H,5,8-15H2,1H3. The van der Waals surface area contributed by atoms with Gasteiger partial charge in [0.25, 0.3) is 0 Å². The van der Waals surface area contributed by atoms with E-state index in [9.17, 15) is 5.11 Å². The molecule has 1 unspecified atom stereocenters. The first-order chi connectivity index (χ1) is 10.2. The lowest BCUT2D eigenvalue weighted by Gasteiger charge is -2.39. The minimum Gasteiger partial charge on any atom is -0.491 e. The van der Waals surface area contributed by atoms with E-state index in [1.807, 2.05) is 30.3 Å². The Bertz CT molecular complexity index is 398. The van der Waals surface area contributed by atoms with Crippen LogP contribution in [0.25, 0.3) is 0 Å². The zero-order valence-corrected chi connectivity index (χ0v) is 13.0. The van der Waals surface area contributed by atoms with Crippen LogP contribution in [0.4, 0.5) is 0 Å². The Morgan fingerprint density at radius 1 is 1.19 bits per heavy atom. The maximum absolute atomic E-state index is 9.44. The van der Waals surface area contributed by atoms with Crippen LogP contribution in [0.5, 0.6) is 5.75 Å². The molecule has 118 valence electrons. The summed E-state index contributed by atoms with van der Waals surface area (Å²) in [6.45, 7) is 7.36. The summed E-state index contributed by atoms with van der Waals surface area (Å²) < 4.78 is 11.2. The molecule has 1 saturated heterocycles. The van der Waals surface area contributed by atoms with Crippen molar-refractivity contribution in [1.29, 1.82) is 0 Å². The number of aliphatic hydroxyl groups excluding tert-OH is 1. The summed E-state index contributed by atoms with van der Waals surface area (Å²) in [7, 11) is 0. The van der Waals surface area contributed by atoms with Gasteiger partial charge in [-0.15, -0.1) is 0 Å². The van der Waals surface area contributed by atoms with Gasteiger partial charge in [-0.05, 0) is 31.5 Å². The fourth-order valence-electron chi connectivity index (χ4n) is 2.78. The number of rotatable bonds is 8. The summed E-state index contributed by atoms with van der Waals surface area (Å²) in [6.07, 6.45) is 2.28. The van der Waals surface area contributed by atoms with Gasteiger partial charge in [0, 0.05) is 25.1 Å². The molecule has 1 atom stereocenters. The number of piperidine rings is 1. The maximum atomic E-state index is 9.44. The Hall–Kier alpha value is -1.10. The minimum absolute atomic E-state index is 0.0642. The van der Waals surface area contributed by atoms with Crippen molar-refractivity contribution in [1.82, 2.24) is 4.90 Å². The number of benzene rings is 1. The first-order valence-corrected chi connectivity index (χ1v) is 7.81. The summed E-state index contributed by atoms with van der Waals surface area (Å²) in [5.74, 6) is 0.885. The van der Waals surface area contributed by atoms with Crippen molar-refractivity contribution in [3.8, 4) is 5.75 Å². The minimum atomic E-state index is 0.0642. The van der Waals surface area contributed by atoms with Crippen LogP contribution in [0.1, 0.15) is 19.8 Å². The van der Waals surface area contributed by atoms with Crippen molar-refractivity contribution in [3.05, 3.63) is 30.3 Å². The predicted octanol–water partition coefficient (Wildman–Crippen LogP) is 2.18. The third-order valence-electron chi connectivity index (χ3n) is 4.03. The molecule has 2 rings (SSSR count). The molecule has 1 aromatic carbocycles. The highest BCUT2D eigenvalue weighted by molar-refractivity contribution is 5.20. The Kier molecular flexibility index (Phi) is 6.49. The average molecular weight is 293 g/mol. The molecule has 0 spiro atoms. The molecule has 0 aliphatic carbocycles. The van der Waals surface area contributed by atoms with Gasteiger partial charge in [-0.25, -0.2) is 0 Å². The smallest absolute Gasteiger partial charge is 0.119 e. The van der Waals surface area contributed by atoms with Gasteiger partial charge < -0.3 is 19.5 Å². The Morgan fingerprint density at radius 2 is 2.00 bits per heavy atom. The molecule has 0 radical (unpaired) electrons. The van der Waals surface area contributed by atoms with Crippen LogP contribution < -0.4 is 4.74 Å². The first-order valence-electron chi connectivity index (χ1n) is 7.81. The SMILES string of the molecule is CC1(CO)CCCN(CCOCCOc2ccccc2)C1. The maximum Gasteiger partial charge on any atom is 0.119 e. The topological polar surface area (TPSA) is 41.9 Å². The highest BCUT2D eigenvalue weighted by Crippen LogP contribution is 2.28. The van der Waals surface area contributed by atoms with Gasteiger partial charge in [0.05, 0.1) is 13.2 Å². The molecule has 1 fully saturated rings. The van der Waals surface area contributed by atoms with Crippen LogP contribution in [0.3, 0.4) is 0 Å². The van der Waals surface area contributed by atoms with Crippen molar-refractivity contribution < 1.29 is 14.6 Å². The van der Waals surface area contributed by atoms with Gasteiger partial charge in [0.2, 0.25) is 0 Å². The largest absolute Gasteiger partial charge is 0.491 e. The fraction of sp³-hybridized carbons (Fsp3) is 0.647.